The molecule has 0 aliphatic rings. The number of aryl methyl sites for hydroxylation is 1. The summed E-state index contributed by atoms with van der Waals surface area (Å²) in [6, 6.07) is 0. The fourth-order valence-corrected chi connectivity index (χ4v) is 2.18. The zero-order chi connectivity index (χ0) is 15.1. The van der Waals surface area contributed by atoms with E-state index in [1.165, 1.54) is 0 Å². The van der Waals surface area contributed by atoms with Gasteiger partial charge in [-0.15, -0.1) is 0 Å². The Morgan fingerprint density at radius 3 is 2.20 bits per heavy atom. The topological polar surface area (TPSA) is 72.2 Å². The van der Waals surface area contributed by atoms with Gasteiger partial charge in [-0.2, -0.15) is 4.98 Å². The van der Waals surface area contributed by atoms with Gasteiger partial charge in [-0.3, -0.25) is 10.1 Å². The van der Waals surface area contributed by atoms with Crippen molar-refractivity contribution >= 4 is 23.1 Å². The van der Waals surface area contributed by atoms with Gasteiger partial charge in [0.2, 0.25) is 11.1 Å². The van der Waals surface area contributed by atoms with Gasteiger partial charge in [-0.1, -0.05) is 26.7 Å². The fourth-order valence-electron chi connectivity index (χ4n) is 1.97. The molecule has 0 amide bonds. The minimum atomic E-state index is -0.425. The number of anilines is 1. The highest BCUT2D eigenvalue weighted by Gasteiger charge is 2.25. The first-order valence-electron chi connectivity index (χ1n) is 6.94. The number of hydrogen-bond donors (Lipinski definition) is 0. The highest BCUT2D eigenvalue weighted by molar-refractivity contribution is 6.28. The Labute approximate surface area is 124 Å². The molecule has 112 valence electrons. The average Bonchev–Trinajstić information content (AvgIpc) is 2.37. The van der Waals surface area contributed by atoms with Gasteiger partial charge in [0, 0.05) is 13.1 Å². The van der Waals surface area contributed by atoms with E-state index in [1.54, 1.807) is 6.92 Å². The standard InChI is InChI=1S/C13H21ClN4O2/c1-4-6-8-17(9-7-5-2)12-11(18(19)20)10(3)15-13(14)16-12/h4-9H2,1-3H3. The summed E-state index contributed by atoms with van der Waals surface area (Å²) in [7, 11) is 0. The summed E-state index contributed by atoms with van der Waals surface area (Å²) >= 11 is 5.87. The van der Waals surface area contributed by atoms with E-state index in [9.17, 15) is 10.1 Å². The maximum Gasteiger partial charge on any atom is 0.332 e. The Hall–Kier alpha value is -1.43. The van der Waals surface area contributed by atoms with Crippen LogP contribution in [0.1, 0.15) is 45.2 Å². The van der Waals surface area contributed by atoms with Gasteiger partial charge in [0.25, 0.3) is 0 Å². The van der Waals surface area contributed by atoms with Gasteiger partial charge < -0.3 is 4.90 Å². The van der Waals surface area contributed by atoms with Crippen LogP contribution in [-0.4, -0.2) is 28.0 Å². The molecule has 1 aromatic rings. The van der Waals surface area contributed by atoms with Gasteiger partial charge in [0.15, 0.2) is 0 Å². The number of rotatable bonds is 8. The Morgan fingerprint density at radius 2 is 1.75 bits per heavy atom. The van der Waals surface area contributed by atoms with Crippen LogP contribution in [-0.2, 0) is 0 Å². The number of unbranched alkanes of at least 4 members (excludes halogenated alkanes) is 2. The van der Waals surface area contributed by atoms with Crippen molar-refractivity contribution < 1.29 is 4.92 Å². The van der Waals surface area contributed by atoms with Gasteiger partial charge >= 0.3 is 5.69 Å². The Morgan fingerprint density at radius 1 is 1.20 bits per heavy atom. The summed E-state index contributed by atoms with van der Waals surface area (Å²) in [6.07, 6.45) is 3.96. The van der Waals surface area contributed by atoms with Crippen molar-refractivity contribution in [3.8, 4) is 0 Å². The molecule has 0 radical (unpaired) electrons. The summed E-state index contributed by atoms with van der Waals surface area (Å²) in [5, 5.41) is 11.3. The van der Waals surface area contributed by atoms with Gasteiger partial charge in [0.1, 0.15) is 5.69 Å². The van der Waals surface area contributed by atoms with Crippen LogP contribution >= 0.6 is 11.6 Å². The lowest BCUT2D eigenvalue weighted by atomic mass is 10.2. The van der Waals surface area contributed by atoms with E-state index in [2.05, 4.69) is 23.8 Å². The summed E-state index contributed by atoms with van der Waals surface area (Å²) in [6.45, 7) is 7.25. The zero-order valence-electron chi connectivity index (χ0n) is 12.2. The lowest BCUT2D eigenvalue weighted by molar-refractivity contribution is -0.385. The molecule has 1 heterocycles. The highest BCUT2D eigenvalue weighted by atomic mass is 35.5. The molecule has 20 heavy (non-hydrogen) atoms. The van der Waals surface area contributed by atoms with Crippen molar-refractivity contribution in [3.05, 3.63) is 21.1 Å². The highest BCUT2D eigenvalue weighted by Crippen LogP contribution is 2.30. The summed E-state index contributed by atoms with van der Waals surface area (Å²) in [4.78, 5) is 20.8. The number of hydrogen-bond acceptors (Lipinski definition) is 5. The minimum absolute atomic E-state index is 0.0402. The molecule has 1 rings (SSSR count). The van der Waals surface area contributed by atoms with E-state index in [0.29, 0.717) is 11.5 Å². The minimum Gasteiger partial charge on any atom is -0.351 e. The molecule has 0 bridgehead atoms. The smallest absolute Gasteiger partial charge is 0.332 e. The lowest BCUT2D eigenvalue weighted by Crippen LogP contribution is -2.28. The van der Waals surface area contributed by atoms with Crippen LogP contribution in [0, 0.1) is 17.0 Å². The predicted molar refractivity (Wildman–Crippen MR) is 80.5 cm³/mol. The Balaban J connectivity index is 3.18. The molecule has 0 fully saturated rings. The maximum atomic E-state index is 11.3. The molecule has 0 saturated carbocycles. The van der Waals surface area contributed by atoms with E-state index in [1.807, 2.05) is 4.90 Å². The monoisotopic (exact) mass is 300 g/mol. The maximum absolute atomic E-state index is 11.3. The number of nitro groups is 1. The molecule has 7 heteroatoms. The second-order valence-corrected chi connectivity index (χ2v) is 5.04. The third-order valence-electron chi connectivity index (χ3n) is 3.06. The molecule has 0 unspecified atom stereocenters. The second-order valence-electron chi connectivity index (χ2n) is 4.70. The van der Waals surface area contributed by atoms with Gasteiger partial charge in [-0.25, -0.2) is 4.98 Å². The van der Waals surface area contributed by atoms with E-state index in [0.717, 1.165) is 38.8 Å². The summed E-state index contributed by atoms with van der Waals surface area (Å²) < 4.78 is 0. The predicted octanol–water partition coefficient (Wildman–Crippen LogP) is 3.75. The van der Waals surface area contributed by atoms with E-state index in [4.69, 9.17) is 11.6 Å². The molecule has 6 nitrogen and oxygen atoms in total. The Kier molecular flexibility index (Phi) is 6.64. The van der Waals surface area contributed by atoms with Crippen LogP contribution in [0.3, 0.4) is 0 Å². The van der Waals surface area contributed by atoms with Crippen molar-refractivity contribution in [2.24, 2.45) is 0 Å². The van der Waals surface area contributed by atoms with Gasteiger partial charge in [-0.05, 0) is 31.4 Å². The molecule has 0 spiro atoms. The number of nitrogens with zero attached hydrogens (tertiary/aromatic N) is 4. The van der Waals surface area contributed by atoms with Crippen molar-refractivity contribution in [1.82, 2.24) is 9.97 Å². The van der Waals surface area contributed by atoms with Crippen molar-refractivity contribution in [3.63, 3.8) is 0 Å². The first kappa shape index (κ1) is 16.6. The average molecular weight is 301 g/mol. The first-order valence-corrected chi connectivity index (χ1v) is 7.32. The van der Waals surface area contributed by atoms with E-state index < -0.39 is 4.92 Å². The Bertz CT molecular complexity index is 460. The van der Waals surface area contributed by atoms with Gasteiger partial charge in [0.05, 0.1) is 4.92 Å². The molecular formula is C13H21ClN4O2. The van der Waals surface area contributed by atoms with Crippen LogP contribution in [0.15, 0.2) is 0 Å². The molecule has 0 aliphatic carbocycles. The summed E-state index contributed by atoms with van der Waals surface area (Å²) in [5.41, 5.74) is 0.268. The number of aromatic nitrogens is 2. The third-order valence-corrected chi connectivity index (χ3v) is 3.23. The van der Waals surface area contributed by atoms with Crippen LogP contribution in [0.25, 0.3) is 0 Å². The van der Waals surface area contributed by atoms with Crippen molar-refractivity contribution in [2.75, 3.05) is 18.0 Å². The molecule has 0 aromatic carbocycles. The van der Waals surface area contributed by atoms with Crippen molar-refractivity contribution in [2.45, 2.75) is 46.5 Å². The fraction of sp³-hybridized carbons (Fsp3) is 0.692. The van der Waals surface area contributed by atoms with Crippen LogP contribution in [0.4, 0.5) is 11.5 Å². The molecule has 1 aromatic heterocycles. The third kappa shape index (κ3) is 4.30. The SMILES string of the molecule is CCCCN(CCCC)c1nc(Cl)nc(C)c1[N+](=O)[O-]. The lowest BCUT2D eigenvalue weighted by Gasteiger charge is -2.23. The summed E-state index contributed by atoms with van der Waals surface area (Å²) in [5.74, 6) is 0.342. The van der Waals surface area contributed by atoms with E-state index in [-0.39, 0.29) is 11.0 Å². The normalized spacial score (nSPS) is 10.6. The largest absolute Gasteiger partial charge is 0.351 e. The van der Waals surface area contributed by atoms with Crippen LogP contribution in [0.2, 0.25) is 5.28 Å². The van der Waals surface area contributed by atoms with E-state index >= 15 is 0 Å². The molecule has 0 atom stereocenters. The van der Waals surface area contributed by atoms with Crippen LogP contribution < -0.4 is 4.90 Å². The zero-order valence-corrected chi connectivity index (χ0v) is 13.0. The number of halogens is 1. The second kappa shape index (κ2) is 7.99. The van der Waals surface area contributed by atoms with Crippen molar-refractivity contribution in [1.29, 1.82) is 0 Å². The molecule has 0 saturated heterocycles. The molecular weight excluding hydrogens is 280 g/mol. The first-order chi connectivity index (χ1) is 9.51. The quantitative estimate of drug-likeness (QED) is 0.415. The molecule has 0 N–H and O–H groups in total. The van der Waals surface area contributed by atoms with Crippen LogP contribution in [0.5, 0.6) is 0 Å². The molecule has 0 aliphatic heterocycles.